The second-order valence-electron chi connectivity index (χ2n) is 6.28. The van der Waals surface area contributed by atoms with Gasteiger partial charge in [-0.2, -0.15) is 8.78 Å². The molecule has 0 saturated heterocycles. The number of halogens is 2. The van der Waals surface area contributed by atoms with Crippen LogP contribution in [0.2, 0.25) is 0 Å². The fourth-order valence-corrected chi connectivity index (χ4v) is 4.25. The number of aryl methyl sites for hydroxylation is 2. The molecule has 7 nitrogen and oxygen atoms in total. The van der Waals surface area contributed by atoms with Gasteiger partial charge in [0, 0.05) is 18.4 Å². The fraction of sp³-hybridized carbons (Fsp3) is 0.444. The summed E-state index contributed by atoms with van der Waals surface area (Å²) < 4.78 is 32.2. The largest absolute Gasteiger partial charge is 0.435 e. The number of hydrogen-bond acceptors (Lipinski definition) is 8. The van der Waals surface area contributed by atoms with Gasteiger partial charge in [0.1, 0.15) is 16.1 Å². The molecule has 0 fully saturated rings. The molecule has 3 aromatic rings. The van der Waals surface area contributed by atoms with Crippen LogP contribution in [-0.4, -0.2) is 38.1 Å². The van der Waals surface area contributed by atoms with Crippen LogP contribution in [0, 0.1) is 6.92 Å². The van der Waals surface area contributed by atoms with Crippen molar-refractivity contribution in [2.45, 2.75) is 50.2 Å². The van der Waals surface area contributed by atoms with E-state index in [0.717, 1.165) is 33.3 Å². The molecule has 0 saturated carbocycles. The minimum atomic E-state index is -2.86. The Morgan fingerprint density at radius 3 is 2.83 bits per heavy atom. The normalized spacial score (nSPS) is 12.3. The molecular formula is C18H22F2N6OS2. The lowest BCUT2D eigenvalue weighted by Crippen LogP contribution is -2.18. The third-order valence-corrected chi connectivity index (χ3v) is 6.29. The first-order valence-corrected chi connectivity index (χ1v) is 11.1. The second-order valence-corrected chi connectivity index (χ2v) is 8.39. The molecule has 0 aliphatic carbocycles. The summed E-state index contributed by atoms with van der Waals surface area (Å²) >= 11 is 3.14. The molecular weight excluding hydrogens is 418 g/mol. The first-order valence-electron chi connectivity index (χ1n) is 9.09. The summed E-state index contributed by atoms with van der Waals surface area (Å²) in [6, 6.07) is 4.49. The molecule has 3 rings (SSSR count). The highest BCUT2D eigenvalue weighted by atomic mass is 32.2. The van der Waals surface area contributed by atoms with Crippen molar-refractivity contribution in [2.75, 3.05) is 11.6 Å². The number of nitrogens with zero attached hydrogens (tertiary/aromatic N) is 5. The van der Waals surface area contributed by atoms with E-state index in [1.54, 1.807) is 39.9 Å². The Morgan fingerprint density at radius 1 is 1.34 bits per heavy atom. The van der Waals surface area contributed by atoms with E-state index in [4.69, 9.17) is 0 Å². The van der Waals surface area contributed by atoms with E-state index in [9.17, 15) is 8.78 Å². The second kappa shape index (κ2) is 9.97. The summed E-state index contributed by atoms with van der Waals surface area (Å²) in [7, 11) is 0. The average Bonchev–Trinajstić information content (AvgIpc) is 3.35. The number of ether oxygens (including phenoxy) is 1. The highest BCUT2D eigenvalue weighted by Gasteiger charge is 2.24. The van der Waals surface area contributed by atoms with Crippen LogP contribution in [0.25, 0.3) is 0 Å². The van der Waals surface area contributed by atoms with Gasteiger partial charge in [-0.3, -0.25) is 0 Å². The predicted octanol–water partition coefficient (Wildman–Crippen LogP) is 4.76. The Labute approximate surface area is 175 Å². The van der Waals surface area contributed by atoms with E-state index in [-0.39, 0.29) is 11.8 Å². The van der Waals surface area contributed by atoms with E-state index < -0.39 is 6.61 Å². The first-order chi connectivity index (χ1) is 14.0. The van der Waals surface area contributed by atoms with Crippen LogP contribution >= 0.6 is 23.1 Å². The molecule has 0 spiro atoms. The van der Waals surface area contributed by atoms with Gasteiger partial charge in [-0.05, 0) is 53.8 Å². The van der Waals surface area contributed by atoms with Crippen LogP contribution in [0.4, 0.5) is 14.5 Å². The summed E-state index contributed by atoms with van der Waals surface area (Å²) in [6.45, 7) is 1.80. The Balaban J connectivity index is 1.93. The van der Waals surface area contributed by atoms with E-state index >= 15 is 0 Å². The van der Waals surface area contributed by atoms with Crippen molar-refractivity contribution in [3.8, 4) is 5.75 Å². The van der Waals surface area contributed by atoms with E-state index in [1.165, 1.54) is 6.07 Å². The highest BCUT2D eigenvalue weighted by molar-refractivity contribution is 8.00. The van der Waals surface area contributed by atoms with Crippen molar-refractivity contribution in [3.63, 3.8) is 0 Å². The number of benzene rings is 1. The molecule has 2 aromatic heterocycles. The van der Waals surface area contributed by atoms with Gasteiger partial charge in [-0.1, -0.05) is 25.1 Å². The Kier molecular flexibility index (Phi) is 7.37. The lowest BCUT2D eigenvalue weighted by Gasteiger charge is -2.20. The van der Waals surface area contributed by atoms with Crippen LogP contribution < -0.4 is 10.1 Å². The summed E-state index contributed by atoms with van der Waals surface area (Å²) in [5.74, 6) is 0.803. The van der Waals surface area contributed by atoms with E-state index in [0.29, 0.717) is 12.4 Å². The zero-order valence-electron chi connectivity index (χ0n) is 16.3. The van der Waals surface area contributed by atoms with Crippen molar-refractivity contribution in [2.24, 2.45) is 0 Å². The lowest BCUT2D eigenvalue weighted by atomic mass is 10.1. The molecule has 29 heavy (non-hydrogen) atoms. The molecule has 0 amide bonds. The molecule has 1 aromatic carbocycles. The maximum Gasteiger partial charge on any atom is 0.387 e. The van der Waals surface area contributed by atoms with Gasteiger partial charge in [-0.15, -0.1) is 16.4 Å². The zero-order chi connectivity index (χ0) is 20.8. The minimum Gasteiger partial charge on any atom is -0.435 e. The SMILES string of the molecule is CCCCn1nnnc1C(Nc1ccc(OC(F)F)cc1C)c1cnc(SC)s1. The highest BCUT2D eigenvalue weighted by Crippen LogP contribution is 2.34. The summed E-state index contributed by atoms with van der Waals surface area (Å²) in [5, 5.41) is 15.7. The number of nitrogens with one attached hydrogen (secondary N) is 1. The number of anilines is 1. The predicted molar refractivity (Wildman–Crippen MR) is 110 cm³/mol. The number of rotatable bonds is 10. The third kappa shape index (κ3) is 5.41. The van der Waals surface area contributed by atoms with Crippen LogP contribution in [0.1, 0.15) is 42.1 Å². The van der Waals surface area contributed by atoms with Gasteiger partial charge in [0.05, 0.1) is 4.88 Å². The monoisotopic (exact) mass is 440 g/mol. The quantitative estimate of drug-likeness (QED) is 0.455. The number of alkyl halides is 2. The molecule has 156 valence electrons. The number of aromatic nitrogens is 5. The Bertz CT molecular complexity index is 933. The smallest absolute Gasteiger partial charge is 0.387 e. The Morgan fingerprint density at radius 2 is 2.17 bits per heavy atom. The molecule has 1 unspecified atom stereocenters. The van der Waals surface area contributed by atoms with Gasteiger partial charge in [0.15, 0.2) is 5.82 Å². The van der Waals surface area contributed by atoms with Gasteiger partial charge in [0.25, 0.3) is 0 Å². The molecule has 0 bridgehead atoms. The number of tetrazole rings is 1. The van der Waals surface area contributed by atoms with Gasteiger partial charge >= 0.3 is 6.61 Å². The number of thioether (sulfide) groups is 1. The summed E-state index contributed by atoms with van der Waals surface area (Å²) in [5.41, 5.74) is 1.55. The van der Waals surface area contributed by atoms with Gasteiger partial charge in [-0.25, -0.2) is 9.67 Å². The van der Waals surface area contributed by atoms with Crippen molar-refractivity contribution < 1.29 is 13.5 Å². The average molecular weight is 441 g/mol. The maximum atomic E-state index is 12.5. The number of hydrogen-bond donors (Lipinski definition) is 1. The molecule has 1 N–H and O–H groups in total. The van der Waals surface area contributed by atoms with Crippen molar-refractivity contribution in [1.29, 1.82) is 0 Å². The zero-order valence-corrected chi connectivity index (χ0v) is 17.9. The maximum absolute atomic E-state index is 12.5. The molecule has 0 radical (unpaired) electrons. The molecule has 0 aliphatic heterocycles. The summed E-state index contributed by atoms with van der Waals surface area (Å²) in [4.78, 5) is 5.40. The fourth-order valence-electron chi connectivity index (χ4n) is 2.78. The van der Waals surface area contributed by atoms with Crippen LogP contribution in [0.3, 0.4) is 0 Å². The van der Waals surface area contributed by atoms with Gasteiger partial charge < -0.3 is 10.1 Å². The molecule has 0 aliphatic rings. The summed E-state index contributed by atoms with van der Waals surface area (Å²) in [6.07, 6.45) is 5.78. The number of thiazole rings is 1. The Hall–Kier alpha value is -2.27. The minimum absolute atomic E-state index is 0.120. The van der Waals surface area contributed by atoms with Crippen molar-refractivity contribution >= 4 is 28.8 Å². The number of unbranched alkanes of at least 4 members (excludes halogenated alkanes) is 1. The van der Waals surface area contributed by atoms with Crippen molar-refractivity contribution in [1.82, 2.24) is 25.2 Å². The molecule has 2 heterocycles. The lowest BCUT2D eigenvalue weighted by molar-refractivity contribution is -0.0498. The van der Waals surface area contributed by atoms with E-state index in [1.807, 2.05) is 19.4 Å². The van der Waals surface area contributed by atoms with Crippen molar-refractivity contribution in [3.05, 3.63) is 40.7 Å². The third-order valence-electron chi connectivity index (χ3n) is 4.23. The first kappa shape index (κ1) is 21.4. The molecule has 11 heteroatoms. The standard InChI is InChI=1S/C18H22F2N6OS2/c1-4-5-8-26-16(23-24-25-26)15(14-10-21-18(28-3)29-14)22-13-7-6-12(9-11(13)2)27-17(19)20/h6-7,9-10,15,17,22H,4-5,8H2,1-3H3. The van der Waals surface area contributed by atoms with E-state index in [2.05, 4.69) is 37.5 Å². The topological polar surface area (TPSA) is 77.8 Å². The van der Waals surface area contributed by atoms with Crippen LogP contribution in [0.5, 0.6) is 5.75 Å². The van der Waals surface area contributed by atoms with Crippen LogP contribution in [0.15, 0.2) is 28.7 Å². The molecule has 1 atom stereocenters. The van der Waals surface area contributed by atoms with Crippen LogP contribution in [-0.2, 0) is 6.54 Å². The van der Waals surface area contributed by atoms with Gasteiger partial charge in [0.2, 0.25) is 0 Å².